The van der Waals surface area contributed by atoms with Crippen molar-refractivity contribution >= 4 is 0 Å². The molecule has 0 bridgehead atoms. The highest BCUT2D eigenvalue weighted by atomic mass is 15.1. The standard InChI is InChI=1S/C15H21N/c1-12-3-4-13-5-6-15(14(13)11-12)7-9-16(2)10-8-15/h3-4,11H,5-10H2,1-2H3. The Labute approximate surface area is 98.5 Å². The third-order valence-electron chi connectivity index (χ3n) is 4.65. The van der Waals surface area contributed by atoms with Crippen LogP contribution in [0.25, 0.3) is 0 Å². The maximum Gasteiger partial charge on any atom is -0.00133 e. The van der Waals surface area contributed by atoms with Crippen molar-refractivity contribution < 1.29 is 0 Å². The maximum atomic E-state index is 2.47. The van der Waals surface area contributed by atoms with Crippen molar-refractivity contribution in [2.24, 2.45) is 0 Å². The Balaban J connectivity index is 1.98. The molecule has 1 fully saturated rings. The summed E-state index contributed by atoms with van der Waals surface area (Å²) in [5.41, 5.74) is 5.27. The van der Waals surface area contributed by atoms with Crippen molar-refractivity contribution in [3.05, 3.63) is 34.9 Å². The molecule has 0 amide bonds. The quantitative estimate of drug-likeness (QED) is 0.643. The maximum absolute atomic E-state index is 2.47. The molecular weight excluding hydrogens is 194 g/mol. The summed E-state index contributed by atoms with van der Waals surface area (Å²) in [5, 5.41) is 0. The number of nitrogens with zero attached hydrogens (tertiary/aromatic N) is 1. The first kappa shape index (κ1) is 10.3. The molecule has 0 unspecified atom stereocenters. The molecule has 1 aliphatic carbocycles. The van der Waals surface area contributed by atoms with Crippen molar-refractivity contribution in [2.75, 3.05) is 20.1 Å². The number of aryl methyl sites for hydroxylation is 2. The first-order chi connectivity index (χ1) is 7.70. The van der Waals surface area contributed by atoms with E-state index in [2.05, 4.69) is 37.1 Å². The van der Waals surface area contributed by atoms with Crippen LogP contribution in [0.2, 0.25) is 0 Å². The Morgan fingerprint density at radius 2 is 1.88 bits per heavy atom. The van der Waals surface area contributed by atoms with Crippen LogP contribution in [-0.2, 0) is 11.8 Å². The molecule has 1 nitrogen and oxygen atoms in total. The molecule has 1 saturated heterocycles. The van der Waals surface area contributed by atoms with Crippen molar-refractivity contribution in [1.82, 2.24) is 4.90 Å². The molecule has 0 N–H and O–H groups in total. The highest BCUT2D eigenvalue weighted by Gasteiger charge is 2.40. The van der Waals surface area contributed by atoms with E-state index < -0.39 is 0 Å². The first-order valence-electron chi connectivity index (χ1n) is 6.48. The fraction of sp³-hybridized carbons (Fsp3) is 0.600. The monoisotopic (exact) mass is 215 g/mol. The van der Waals surface area contributed by atoms with Gasteiger partial charge in [-0.3, -0.25) is 0 Å². The lowest BCUT2D eigenvalue weighted by molar-refractivity contribution is 0.187. The van der Waals surface area contributed by atoms with Crippen molar-refractivity contribution in [3.8, 4) is 0 Å². The number of piperidine rings is 1. The average molecular weight is 215 g/mol. The molecule has 3 rings (SSSR count). The molecule has 1 heterocycles. The van der Waals surface area contributed by atoms with Crippen LogP contribution in [0, 0.1) is 6.92 Å². The normalized spacial score (nSPS) is 23.6. The Morgan fingerprint density at radius 3 is 2.62 bits per heavy atom. The van der Waals surface area contributed by atoms with Gasteiger partial charge < -0.3 is 4.90 Å². The highest BCUT2D eigenvalue weighted by molar-refractivity contribution is 5.42. The summed E-state index contributed by atoms with van der Waals surface area (Å²) >= 11 is 0. The van der Waals surface area contributed by atoms with E-state index in [1.807, 2.05) is 0 Å². The smallest absolute Gasteiger partial charge is 0.00133 e. The average Bonchev–Trinajstić information content (AvgIpc) is 2.62. The molecule has 0 saturated carbocycles. The third kappa shape index (κ3) is 1.49. The zero-order valence-electron chi connectivity index (χ0n) is 10.4. The molecule has 1 spiro atoms. The van der Waals surface area contributed by atoms with Gasteiger partial charge in [0.1, 0.15) is 0 Å². The van der Waals surface area contributed by atoms with Gasteiger partial charge in [0, 0.05) is 0 Å². The number of fused-ring (bicyclic) bond motifs is 2. The molecule has 1 heteroatoms. The second-order valence-corrected chi connectivity index (χ2v) is 5.74. The van der Waals surface area contributed by atoms with Crippen LogP contribution in [0.5, 0.6) is 0 Å². The van der Waals surface area contributed by atoms with E-state index in [0.29, 0.717) is 5.41 Å². The molecule has 86 valence electrons. The SMILES string of the molecule is Cc1ccc2c(c1)C1(CC2)CCN(C)CC1. The minimum absolute atomic E-state index is 0.536. The summed E-state index contributed by atoms with van der Waals surface area (Å²) in [6.45, 7) is 4.77. The van der Waals surface area contributed by atoms with E-state index in [0.717, 1.165) is 0 Å². The van der Waals surface area contributed by atoms with Gasteiger partial charge in [0.15, 0.2) is 0 Å². The molecule has 0 atom stereocenters. The number of hydrogen-bond donors (Lipinski definition) is 0. The zero-order valence-corrected chi connectivity index (χ0v) is 10.4. The highest BCUT2D eigenvalue weighted by Crippen LogP contribution is 2.46. The third-order valence-corrected chi connectivity index (χ3v) is 4.65. The summed E-state index contributed by atoms with van der Waals surface area (Å²) in [4.78, 5) is 2.47. The van der Waals surface area contributed by atoms with E-state index in [-0.39, 0.29) is 0 Å². The van der Waals surface area contributed by atoms with E-state index in [4.69, 9.17) is 0 Å². The van der Waals surface area contributed by atoms with Crippen molar-refractivity contribution in [3.63, 3.8) is 0 Å². The van der Waals surface area contributed by atoms with E-state index >= 15 is 0 Å². The van der Waals surface area contributed by atoms with Gasteiger partial charge >= 0.3 is 0 Å². The van der Waals surface area contributed by atoms with Gasteiger partial charge in [-0.15, -0.1) is 0 Å². The van der Waals surface area contributed by atoms with E-state index in [9.17, 15) is 0 Å². The molecule has 16 heavy (non-hydrogen) atoms. The molecule has 1 aliphatic heterocycles. The van der Waals surface area contributed by atoms with Gasteiger partial charge in [-0.2, -0.15) is 0 Å². The predicted molar refractivity (Wildman–Crippen MR) is 67.9 cm³/mol. The predicted octanol–water partition coefficient (Wildman–Crippen LogP) is 2.90. The summed E-state index contributed by atoms with van der Waals surface area (Å²) in [6, 6.07) is 7.08. The van der Waals surface area contributed by atoms with Crippen LogP contribution in [-0.4, -0.2) is 25.0 Å². The van der Waals surface area contributed by atoms with Crippen LogP contribution >= 0.6 is 0 Å². The summed E-state index contributed by atoms with van der Waals surface area (Å²) in [5.74, 6) is 0. The molecule has 1 aromatic carbocycles. The lowest BCUT2D eigenvalue weighted by Gasteiger charge is -2.38. The summed E-state index contributed by atoms with van der Waals surface area (Å²) in [7, 11) is 2.25. The fourth-order valence-corrected chi connectivity index (χ4v) is 3.48. The first-order valence-corrected chi connectivity index (χ1v) is 6.48. The summed E-state index contributed by atoms with van der Waals surface area (Å²) in [6.07, 6.45) is 5.42. The largest absolute Gasteiger partial charge is 0.306 e. The topological polar surface area (TPSA) is 3.24 Å². The number of likely N-dealkylation sites (tertiary alicyclic amines) is 1. The minimum atomic E-state index is 0.536. The van der Waals surface area contributed by atoms with Gasteiger partial charge in [-0.1, -0.05) is 23.8 Å². The van der Waals surface area contributed by atoms with Gasteiger partial charge in [-0.25, -0.2) is 0 Å². The Hall–Kier alpha value is -0.820. The van der Waals surface area contributed by atoms with Crippen LogP contribution in [0.3, 0.4) is 0 Å². The lowest BCUT2D eigenvalue weighted by atomic mass is 9.73. The van der Waals surface area contributed by atoms with Gasteiger partial charge in [0.25, 0.3) is 0 Å². The number of rotatable bonds is 0. The Morgan fingerprint density at radius 1 is 1.12 bits per heavy atom. The zero-order chi connectivity index (χ0) is 11.2. The van der Waals surface area contributed by atoms with Crippen molar-refractivity contribution in [2.45, 2.75) is 38.0 Å². The molecular formula is C15H21N. The lowest BCUT2D eigenvalue weighted by Crippen LogP contribution is -2.39. The molecule has 2 aliphatic rings. The molecule has 0 aromatic heterocycles. The number of hydrogen-bond acceptors (Lipinski definition) is 1. The second kappa shape index (κ2) is 3.59. The van der Waals surface area contributed by atoms with Crippen LogP contribution < -0.4 is 0 Å². The number of benzene rings is 1. The van der Waals surface area contributed by atoms with Gasteiger partial charge in [0.2, 0.25) is 0 Å². The summed E-state index contributed by atoms with van der Waals surface area (Å²) < 4.78 is 0. The van der Waals surface area contributed by atoms with Gasteiger partial charge in [0.05, 0.1) is 0 Å². The molecule has 0 radical (unpaired) electrons. The molecule has 1 aromatic rings. The van der Waals surface area contributed by atoms with E-state index in [1.54, 1.807) is 11.1 Å². The Kier molecular flexibility index (Phi) is 2.32. The van der Waals surface area contributed by atoms with Gasteiger partial charge in [-0.05, 0) is 69.3 Å². The van der Waals surface area contributed by atoms with Crippen LogP contribution in [0.1, 0.15) is 36.0 Å². The van der Waals surface area contributed by atoms with E-state index in [1.165, 1.54) is 44.3 Å². The second-order valence-electron chi connectivity index (χ2n) is 5.74. The van der Waals surface area contributed by atoms with Crippen LogP contribution in [0.4, 0.5) is 0 Å². The Bertz CT molecular complexity index is 400. The van der Waals surface area contributed by atoms with Crippen LogP contribution in [0.15, 0.2) is 18.2 Å². The fourth-order valence-electron chi connectivity index (χ4n) is 3.48. The minimum Gasteiger partial charge on any atom is -0.306 e. The van der Waals surface area contributed by atoms with Crippen molar-refractivity contribution in [1.29, 1.82) is 0 Å².